The Kier molecular flexibility index (Phi) is 2.74. The fraction of sp³-hybridized carbons (Fsp3) is 0.286. The van der Waals surface area contributed by atoms with Crippen molar-refractivity contribution in [3.8, 4) is 5.69 Å². The van der Waals surface area contributed by atoms with E-state index in [2.05, 4.69) is 10.3 Å². The Balaban J connectivity index is 2.07. The van der Waals surface area contributed by atoms with Gasteiger partial charge in [-0.3, -0.25) is 0 Å². The van der Waals surface area contributed by atoms with Gasteiger partial charge < -0.3 is 10.9 Å². The van der Waals surface area contributed by atoms with Crippen LogP contribution in [0.25, 0.3) is 5.69 Å². The lowest BCUT2D eigenvalue weighted by atomic mass is 10.1. The number of rotatable bonds is 3. The number of nitrogens with two attached hydrogens (primary N) is 1. The van der Waals surface area contributed by atoms with E-state index in [0.717, 1.165) is 16.9 Å². The lowest BCUT2D eigenvalue weighted by molar-refractivity contribution is 0.318. The summed E-state index contributed by atoms with van der Waals surface area (Å²) in [5.41, 5.74) is 9.43. The number of nitrogens with zero attached hydrogens (tertiary/aromatic N) is 3. The van der Waals surface area contributed by atoms with Crippen molar-refractivity contribution in [3.63, 3.8) is 0 Å². The molecular formula is C14H16N4O. The first kappa shape index (κ1) is 11.8. The zero-order chi connectivity index (χ0) is 13.4. The van der Waals surface area contributed by atoms with E-state index in [4.69, 9.17) is 10.9 Å². The molecule has 5 heteroatoms. The van der Waals surface area contributed by atoms with Gasteiger partial charge in [0.2, 0.25) is 0 Å². The standard InChI is InChI=1S/C14H16N4O/c1-9-2-5-13(11(8-9)14(15)17-19)18-7-6-12(16-18)10-3-4-10/h2,5-8,10,19H,3-4H2,1H3,(H2,15,17). The highest BCUT2D eigenvalue weighted by Crippen LogP contribution is 2.39. The second-order valence-electron chi connectivity index (χ2n) is 4.97. The third kappa shape index (κ3) is 2.19. The van der Waals surface area contributed by atoms with E-state index in [1.165, 1.54) is 12.8 Å². The second kappa shape index (κ2) is 4.42. The SMILES string of the molecule is Cc1ccc(-n2ccc(C3CC3)n2)c(/C(N)=N/O)c1. The Hall–Kier alpha value is -2.30. The van der Waals surface area contributed by atoms with E-state index >= 15 is 0 Å². The molecule has 2 aromatic rings. The van der Waals surface area contributed by atoms with E-state index in [9.17, 15) is 0 Å². The molecule has 0 atom stereocenters. The highest BCUT2D eigenvalue weighted by atomic mass is 16.4. The summed E-state index contributed by atoms with van der Waals surface area (Å²) in [4.78, 5) is 0. The van der Waals surface area contributed by atoms with Gasteiger partial charge >= 0.3 is 0 Å². The molecule has 1 aromatic carbocycles. The maximum absolute atomic E-state index is 8.89. The molecular weight excluding hydrogens is 240 g/mol. The van der Waals surface area contributed by atoms with Gasteiger partial charge in [-0.05, 0) is 38.0 Å². The summed E-state index contributed by atoms with van der Waals surface area (Å²) in [6.07, 6.45) is 4.36. The number of aromatic nitrogens is 2. The molecule has 1 aliphatic rings. The molecule has 1 aliphatic carbocycles. The molecule has 0 unspecified atom stereocenters. The van der Waals surface area contributed by atoms with Gasteiger partial charge in [0.15, 0.2) is 5.84 Å². The number of hydrogen-bond donors (Lipinski definition) is 2. The van der Waals surface area contributed by atoms with E-state index in [-0.39, 0.29) is 5.84 Å². The lowest BCUT2D eigenvalue weighted by Gasteiger charge is -2.09. The average Bonchev–Trinajstić information content (AvgIpc) is 3.16. The minimum absolute atomic E-state index is 0.0992. The second-order valence-corrected chi connectivity index (χ2v) is 4.97. The Labute approximate surface area is 111 Å². The Bertz CT molecular complexity index is 641. The molecule has 1 saturated carbocycles. The number of amidine groups is 1. The van der Waals surface area contributed by atoms with Crippen LogP contribution < -0.4 is 5.73 Å². The fourth-order valence-electron chi connectivity index (χ4n) is 2.18. The minimum atomic E-state index is 0.0992. The molecule has 0 spiro atoms. The zero-order valence-corrected chi connectivity index (χ0v) is 10.7. The molecule has 0 radical (unpaired) electrons. The fourth-order valence-corrected chi connectivity index (χ4v) is 2.18. The highest BCUT2D eigenvalue weighted by Gasteiger charge is 2.26. The third-order valence-electron chi connectivity index (χ3n) is 3.39. The maximum atomic E-state index is 8.89. The molecule has 1 fully saturated rings. The van der Waals surface area contributed by atoms with Crippen molar-refractivity contribution in [1.29, 1.82) is 0 Å². The third-order valence-corrected chi connectivity index (χ3v) is 3.39. The van der Waals surface area contributed by atoms with Crippen LogP contribution in [0.15, 0.2) is 35.6 Å². The van der Waals surface area contributed by atoms with Crippen molar-refractivity contribution in [1.82, 2.24) is 9.78 Å². The lowest BCUT2D eigenvalue weighted by Crippen LogP contribution is -2.17. The monoisotopic (exact) mass is 256 g/mol. The highest BCUT2D eigenvalue weighted by molar-refractivity contribution is 6.00. The summed E-state index contributed by atoms with van der Waals surface area (Å²) in [6, 6.07) is 7.85. The molecule has 1 heterocycles. The predicted octanol–water partition coefficient (Wildman–Crippen LogP) is 2.15. The first-order valence-electron chi connectivity index (χ1n) is 6.33. The first-order valence-corrected chi connectivity index (χ1v) is 6.33. The number of aryl methyl sites for hydroxylation is 1. The summed E-state index contributed by atoms with van der Waals surface area (Å²) in [5, 5.41) is 16.6. The average molecular weight is 256 g/mol. The predicted molar refractivity (Wildman–Crippen MR) is 72.8 cm³/mol. The number of oxime groups is 1. The quantitative estimate of drug-likeness (QED) is 0.382. The van der Waals surface area contributed by atoms with Gasteiger partial charge in [-0.1, -0.05) is 16.8 Å². The number of hydrogen-bond acceptors (Lipinski definition) is 3. The summed E-state index contributed by atoms with van der Waals surface area (Å²) >= 11 is 0. The molecule has 19 heavy (non-hydrogen) atoms. The summed E-state index contributed by atoms with van der Waals surface area (Å²) < 4.78 is 1.79. The van der Waals surface area contributed by atoms with Crippen molar-refractivity contribution >= 4 is 5.84 Å². The van der Waals surface area contributed by atoms with Crippen LogP contribution in [0.1, 0.15) is 35.6 Å². The normalized spacial score (nSPS) is 15.7. The minimum Gasteiger partial charge on any atom is -0.409 e. The van der Waals surface area contributed by atoms with Gasteiger partial charge in [-0.2, -0.15) is 5.10 Å². The molecule has 98 valence electrons. The van der Waals surface area contributed by atoms with E-state index in [1.54, 1.807) is 4.68 Å². The molecule has 0 aliphatic heterocycles. The van der Waals surface area contributed by atoms with Crippen LogP contribution in [0.4, 0.5) is 0 Å². The Morgan fingerprint density at radius 1 is 1.42 bits per heavy atom. The molecule has 3 rings (SSSR count). The van der Waals surface area contributed by atoms with Crippen molar-refractivity contribution in [2.75, 3.05) is 0 Å². The topological polar surface area (TPSA) is 76.4 Å². The van der Waals surface area contributed by atoms with Crippen LogP contribution in [-0.2, 0) is 0 Å². The van der Waals surface area contributed by atoms with Crippen LogP contribution in [0.3, 0.4) is 0 Å². The summed E-state index contributed by atoms with van der Waals surface area (Å²) in [7, 11) is 0. The molecule has 0 bridgehead atoms. The van der Waals surface area contributed by atoms with Crippen molar-refractivity contribution in [3.05, 3.63) is 47.3 Å². The van der Waals surface area contributed by atoms with Crippen molar-refractivity contribution in [2.45, 2.75) is 25.7 Å². The van der Waals surface area contributed by atoms with Gasteiger partial charge in [0.25, 0.3) is 0 Å². The smallest absolute Gasteiger partial charge is 0.172 e. The van der Waals surface area contributed by atoms with Crippen LogP contribution in [0.5, 0.6) is 0 Å². The van der Waals surface area contributed by atoms with Gasteiger partial charge in [0.1, 0.15) is 0 Å². The van der Waals surface area contributed by atoms with E-state index in [0.29, 0.717) is 11.5 Å². The molecule has 1 aromatic heterocycles. The van der Waals surface area contributed by atoms with E-state index in [1.807, 2.05) is 37.4 Å². The van der Waals surface area contributed by atoms with Crippen LogP contribution >= 0.6 is 0 Å². The Morgan fingerprint density at radius 2 is 2.21 bits per heavy atom. The summed E-state index contributed by atoms with van der Waals surface area (Å²) in [6.45, 7) is 1.97. The van der Waals surface area contributed by atoms with Gasteiger partial charge in [0.05, 0.1) is 11.4 Å². The first-order chi connectivity index (χ1) is 9.19. The molecule has 3 N–H and O–H groups in total. The van der Waals surface area contributed by atoms with Crippen LogP contribution in [0, 0.1) is 6.92 Å². The van der Waals surface area contributed by atoms with Crippen molar-refractivity contribution < 1.29 is 5.21 Å². The molecule has 0 saturated heterocycles. The van der Waals surface area contributed by atoms with E-state index < -0.39 is 0 Å². The Morgan fingerprint density at radius 3 is 2.89 bits per heavy atom. The van der Waals surface area contributed by atoms with Gasteiger partial charge in [0, 0.05) is 17.7 Å². The summed E-state index contributed by atoms with van der Waals surface area (Å²) in [5.74, 6) is 0.709. The van der Waals surface area contributed by atoms with Gasteiger partial charge in [-0.25, -0.2) is 4.68 Å². The molecule has 0 amide bonds. The number of benzene rings is 1. The maximum Gasteiger partial charge on any atom is 0.172 e. The van der Waals surface area contributed by atoms with Gasteiger partial charge in [-0.15, -0.1) is 0 Å². The van der Waals surface area contributed by atoms with Crippen molar-refractivity contribution in [2.24, 2.45) is 10.9 Å². The van der Waals surface area contributed by atoms with Crippen LogP contribution in [0.2, 0.25) is 0 Å². The van der Waals surface area contributed by atoms with Crippen LogP contribution in [-0.4, -0.2) is 20.8 Å². The largest absolute Gasteiger partial charge is 0.409 e. The molecule has 5 nitrogen and oxygen atoms in total. The zero-order valence-electron chi connectivity index (χ0n) is 10.7.